The lowest BCUT2D eigenvalue weighted by Gasteiger charge is -2.18. The van der Waals surface area contributed by atoms with Gasteiger partial charge in [-0.3, -0.25) is 4.79 Å². The van der Waals surface area contributed by atoms with Crippen LogP contribution in [0, 0.1) is 0 Å². The van der Waals surface area contributed by atoms with E-state index in [-0.39, 0.29) is 11.1 Å². The normalized spacial score (nSPS) is 10.1. The van der Waals surface area contributed by atoms with E-state index in [2.05, 4.69) is 10.3 Å². The minimum absolute atomic E-state index is 0.166. The summed E-state index contributed by atoms with van der Waals surface area (Å²) in [6.07, 6.45) is 0. The van der Waals surface area contributed by atoms with Gasteiger partial charge in [-0.15, -0.1) is 0 Å². The van der Waals surface area contributed by atoms with Gasteiger partial charge in [0, 0.05) is 25.3 Å². The van der Waals surface area contributed by atoms with Crippen molar-refractivity contribution in [3.63, 3.8) is 0 Å². The number of nitrogens with zero attached hydrogens (tertiary/aromatic N) is 2. The van der Waals surface area contributed by atoms with Crippen LogP contribution in [0.4, 0.5) is 11.5 Å². The molecule has 0 fully saturated rings. The van der Waals surface area contributed by atoms with Crippen LogP contribution >= 0.6 is 11.6 Å². The van der Waals surface area contributed by atoms with E-state index in [4.69, 9.17) is 16.3 Å². The predicted molar refractivity (Wildman–Crippen MR) is 84.5 cm³/mol. The zero-order chi connectivity index (χ0) is 15.4. The minimum Gasteiger partial charge on any atom is -0.497 e. The van der Waals surface area contributed by atoms with E-state index in [9.17, 15) is 4.79 Å². The van der Waals surface area contributed by atoms with Gasteiger partial charge in [-0.05, 0) is 36.4 Å². The fourth-order valence-electron chi connectivity index (χ4n) is 1.87. The third-order valence-corrected chi connectivity index (χ3v) is 3.26. The topological polar surface area (TPSA) is 54.5 Å². The lowest BCUT2D eigenvalue weighted by Crippen LogP contribution is -2.26. The van der Waals surface area contributed by atoms with Gasteiger partial charge >= 0.3 is 0 Å². The summed E-state index contributed by atoms with van der Waals surface area (Å²) in [7, 11) is 5.03. The Hall–Kier alpha value is -2.27. The highest BCUT2D eigenvalue weighted by Gasteiger charge is 2.15. The molecule has 1 aromatic carbocycles. The Morgan fingerprint density at radius 2 is 1.95 bits per heavy atom. The molecule has 1 aromatic heterocycles. The van der Waals surface area contributed by atoms with E-state index in [1.165, 1.54) is 0 Å². The van der Waals surface area contributed by atoms with Crippen LogP contribution < -0.4 is 15.0 Å². The number of ether oxygens (including phenoxy) is 1. The second kappa shape index (κ2) is 6.45. The summed E-state index contributed by atoms with van der Waals surface area (Å²) < 4.78 is 5.10. The van der Waals surface area contributed by atoms with Crippen molar-refractivity contribution in [1.82, 2.24) is 4.98 Å². The molecule has 6 heteroatoms. The molecule has 1 amide bonds. The number of halogens is 1. The fraction of sp³-hybridized carbons (Fsp3) is 0.200. The molecule has 21 heavy (non-hydrogen) atoms. The largest absolute Gasteiger partial charge is 0.497 e. The highest BCUT2D eigenvalue weighted by Crippen LogP contribution is 2.21. The van der Waals surface area contributed by atoms with Gasteiger partial charge in [-0.1, -0.05) is 11.6 Å². The minimum atomic E-state index is -0.166. The maximum Gasteiger partial charge on any atom is 0.258 e. The molecule has 110 valence electrons. The molecule has 5 nitrogen and oxygen atoms in total. The third-order valence-electron chi connectivity index (χ3n) is 3.06. The molecule has 1 N–H and O–H groups in total. The molecule has 0 unspecified atom stereocenters. The number of methoxy groups -OCH3 is 1. The molecule has 0 saturated carbocycles. The number of pyridine rings is 1. The second-order valence-corrected chi connectivity index (χ2v) is 4.76. The summed E-state index contributed by atoms with van der Waals surface area (Å²) in [4.78, 5) is 18.1. The van der Waals surface area contributed by atoms with Crippen LogP contribution in [0.15, 0.2) is 36.4 Å². The van der Waals surface area contributed by atoms with E-state index >= 15 is 0 Å². The number of anilines is 2. The van der Waals surface area contributed by atoms with Gasteiger partial charge in [0.05, 0.1) is 7.11 Å². The molecule has 1 heterocycles. The van der Waals surface area contributed by atoms with E-state index < -0.39 is 0 Å². The van der Waals surface area contributed by atoms with Gasteiger partial charge < -0.3 is 15.0 Å². The number of carbonyl (C=O) groups excluding carboxylic acids is 1. The molecule has 0 atom stereocenters. The molecule has 0 aliphatic rings. The van der Waals surface area contributed by atoms with Crippen LogP contribution in [-0.2, 0) is 0 Å². The van der Waals surface area contributed by atoms with E-state index in [0.717, 1.165) is 11.4 Å². The van der Waals surface area contributed by atoms with Crippen molar-refractivity contribution < 1.29 is 9.53 Å². The number of aromatic nitrogens is 1. The number of amides is 1. The SMILES string of the molecule is CNc1cc(C(=O)N(C)c2ccc(OC)cc2)cc(Cl)n1. The molecule has 0 saturated heterocycles. The van der Waals surface area contributed by atoms with Gasteiger partial charge in [-0.25, -0.2) is 4.98 Å². The van der Waals surface area contributed by atoms with Crippen molar-refractivity contribution in [2.24, 2.45) is 0 Å². The van der Waals surface area contributed by atoms with Crippen LogP contribution in [0.1, 0.15) is 10.4 Å². The molecule has 0 spiro atoms. The molecule has 2 rings (SSSR count). The fourth-order valence-corrected chi connectivity index (χ4v) is 2.07. The second-order valence-electron chi connectivity index (χ2n) is 4.38. The lowest BCUT2D eigenvalue weighted by molar-refractivity contribution is 0.0993. The van der Waals surface area contributed by atoms with E-state index in [1.807, 2.05) is 12.1 Å². The number of hydrogen-bond donors (Lipinski definition) is 1. The van der Waals surface area contributed by atoms with Crippen molar-refractivity contribution in [3.05, 3.63) is 47.1 Å². The first-order valence-corrected chi connectivity index (χ1v) is 6.70. The van der Waals surface area contributed by atoms with Crippen LogP contribution in [0.3, 0.4) is 0 Å². The Labute approximate surface area is 128 Å². The summed E-state index contributed by atoms with van der Waals surface area (Å²) in [6.45, 7) is 0. The zero-order valence-corrected chi connectivity index (χ0v) is 12.8. The van der Waals surface area contributed by atoms with E-state index in [0.29, 0.717) is 11.4 Å². The maximum absolute atomic E-state index is 12.5. The molecule has 0 aliphatic heterocycles. The quantitative estimate of drug-likeness (QED) is 0.882. The molecule has 0 aliphatic carbocycles. The van der Waals surface area contributed by atoms with Crippen molar-refractivity contribution in [1.29, 1.82) is 0 Å². The van der Waals surface area contributed by atoms with E-state index in [1.54, 1.807) is 50.4 Å². The molecule has 2 aromatic rings. The zero-order valence-electron chi connectivity index (χ0n) is 12.1. The molecule has 0 bridgehead atoms. The summed E-state index contributed by atoms with van der Waals surface area (Å²) in [6, 6.07) is 10.4. The summed E-state index contributed by atoms with van der Waals surface area (Å²) in [5, 5.41) is 3.15. The Kier molecular flexibility index (Phi) is 4.65. The van der Waals surface area contributed by atoms with Crippen LogP contribution in [0.2, 0.25) is 5.15 Å². The van der Waals surface area contributed by atoms with Gasteiger partial charge in [0.1, 0.15) is 16.7 Å². The monoisotopic (exact) mass is 305 g/mol. The highest BCUT2D eigenvalue weighted by molar-refractivity contribution is 6.30. The maximum atomic E-state index is 12.5. The van der Waals surface area contributed by atoms with Crippen molar-refractivity contribution in [2.75, 3.05) is 31.4 Å². The number of carbonyl (C=O) groups is 1. The third kappa shape index (κ3) is 3.44. The summed E-state index contributed by atoms with van der Waals surface area (Å²) >= 11 is 5.92. The molecule has 0 radical (unpaired) electrons. The standard InChI is InChI=1S/C15H16ClN3O2/c1-17-14-9-10(8-13(16)18-14)15(20)19(2)11-4-6-12(21-3)7-5-11/h4-9H,1-3H3,(H,17,18). The van der Waals surface area contributed by atoms with Crippen LogP contribution in [0.25, 0.3) is 0 Å². The summed E-state index contributed by atoms with van der Waals surface area (Å²) in [5.74, 6) is 1.12. The Morgan fingerprint density at radius 3 is 2.52 bits per heavy atom. The van der Waals surface area contributed by atoms with Crippen LogP contribution in [0.5, 0.6) is 5.75 Å². The number of rotatable bonds is 4. The average Bonchev–Trinajstić information content (AvgIpc) is 2.52. The van der Waals surface area contributed by atoms with Gasteiger partial charge in [0.2, 0.25) is 0 Å². The lowest BCUT2D eigenvalue weighted by atomic mass is 10.2. The molecular formula is C15H16ClN3O2. The Bertz CT molecular complexity index is 644. The number of nitrogens with one attached hydrogen (secondary N) is 1. The first-order chi connectivity index (χ1) is 10.0. The van der Waals surface area contributed by atoms with Gasteiger partial charge in [0.15, 0.2) is 0 Å². The Balaban J connectivity index is 2.27. The van der Waals surface area contributed by atoms with Crippen molar-refractivity contribution >= 4 is 29.0 Å². The van der Waals surface area contributed by atoms with Gasteiger partial charge in [-0.2, -0.15) is 0 Å². The highest BCUT2D eigenvalue weighted by atomic mass is 35.5. The van der Waals surface area contributed by atoms with Crippen molar-refractivity contribution in [2.45, 2.75) is 0 Å². The smallest absolute Gasteiger partial charge is 0.258 e. The van der Waals surface area contributed by atoms with Crippen LogP contribution in [-0.4, -0.2) is 32.1 Å². The molecular weight excluding hydrogens is 290 g/mol. The summed E-state index contributed by atoms with van der Waals surface area (Å²) in [5.41, 5.74) is 1.23. The first-order valence-electron chi connectivity index (χ1n) is 6.32. The predicted octanol–water partition coefficient (Wildman–Crippen LogP) is 3.06. The first kappa shape index (κ1) is 15.1. The number of benzene rings is 1. The average molecular weight is 306 g/mol. The van der Waals surface area contributed by atoms with Gasteiger partial charge in [0.25, 0.3) is 5.91 Å². The van der Waals surface area contributed by atoms with Crippen molar-refractivity contribution in [3.8, 4) is 5.75 Å². The Morgan fingerprint density at radius 1 is 1.29 bits per heavy atom. The number of hydrogen-bond acceptors (Lipinski definition) is 4.